The molecule has 6 nitrogen and oxygen atoms in total. The van der Waals surface area contributed by atoms with Gasteiger partial charge in [-0.2, -0.15) is 0 Å². The molecular formula is C13H14N2O4. The lowest BCUT2D eigenvalue weighted by molar-refractivity contribution is -0.141. The summed E-state index contributed by atoms with van der Waals surface area (Å²) in [6.07, 6.45) is 0.333. The number of esters is 1. The number of anilines is 1. The van der Waals surface area contributed by atoms with Crippen molar-refractivity contribution in [3.63, 3.8) is 0 Å². The van der Waals surface area contributed by atoms with Crippen LogP contribution < -0.4 is 10.6 Å². The van der Waals surface area contributed by atoms with Gasteiger partial charge in [-0.3, -0.25) is 14.4 Å². The summed E-state index contributed by atoms with van der Waals surface area (Å²) < 4.78 is 4.71. The zero-order valence-electron chi connectivity index (χ0n) is 10.5. The van der Waals surface area contributed by atoms with Gasteiger partial charge in [0.05, 0.1) is 13.0 Å². The lowest BCUT2D eigenvalue weighted by Gasteiger charge is -2.06. The highest BCUT2D eigenvalue weighted by Crippen LogP contribution is 2.23. The molecule has 19 heavy (non-hydrogen) atoms. The summed E-state index contributed by atoms with van der Waals surface area (Å²) >= 11 is 0. The van der Waals surface area contributed by atoms with Crippen LogP contribution in [-0.4, -0.2) is 30.9 Å². The van der Waals surface area contributed by atoms with Gasteiger partial charge in [-0.1, -0.05) is 6.07 Å². The van der Waals surface area contributed by atoms with Crippen molar-refractivity contribution >= 4 is 23.5 Å². The van der Waals surface area contributed by atoms with Crippen molar-refractivity contribution in [1.29, 1.82) is 0 Å². The Hall–Kier alpha value is -2.37. The average Bonchev–Trinajstić information content (AvgIpc) is 2.75. The summed E-state index contributed by atoms with van der Waals surface area (Å²) in [5, 5.41) is 5.13. The maximum Gasteiger partial charge on any atom is 0.325 e. The third-order valence-corrected chi connectivity index (χ3v) is 2.70. The lowest BCUT2D eigenvalue weighted by atomic mass is 10.1. The highest BCUT2D eigenvalue weighted by atomic mass is 16.5. The second kappa shape index (κ2) is 5.51. The van der Waals surface area contributed by atoms with Gasteiger partial charge < -0.3 is 15.4 Å². The summed E-state index contributed by atoms with van der Waals surface area (Å²) in [6.45, 7) is 1.80. The van der Waals surface area contributed by atoms with E-state index in [9.17, 15) is 14.4 Å². The number of hydrogen-bond acceptors (Lipinski definition) is 4. The summed E-state index contributed by atoms with van der Waals surface area (Å²) in [5.74, 6) is -0.943. The van der Waals surface area contributed by atoms with Gasteiger partial charge in [-0.05, 0) is 24.6 Å². The molecule has 0 saturated carbocycles. The molecule has 0 atom stereocenters. The summed E-state index contributed by atoms with van der Waals surface area (Å²) in [6, 6.07) is 4.95. The molecule has 6 heteroatoms. The van der Waals surface area contributed by atoms with Crippen LogP contribution in [0, 0.1) is 0 Å². The second-order valence-corrected chi connectivity index (χ2v) is 4.08. The Morgan fingerprint density at radius 1 is 1.42 bits per heavy atom. The third kappa shape index (κ3) is 3.09. The Labute approximate surface area is 110 Å². The van der Waals surface area contributed by atoms with Gasteiger partial charge in [0.25, 0.3) is 5.91 Å². The zero-order chi connectivity index (χ0) is 13.8. The molecule has 0 aromatic heterocycles. The molecule has 2 amide bonds. The van der Waals surface area contributed by atoms with Crippen molar-refractivity contribution in [3.05, 3.63) is 29.3 Å². The number of ether oxygens (including phenoxy) is 1. The fourth-order valence-corrected chi connectivity index (χ4v) is 1.82. The van der Waals surface area contributed by atoms with Gasteiger partial charge in [0.15, 0.2) is 0 Å². The van der Waals surface area contributed by atoms with Crippen molar-refractivity contribution in [2.45, 2.75) is 13.3 Å². The lowest BCUT2D eigenvalue weighted by Crippen LogP contribution is -2.30. The van der Waals surface area contributed by atoms with Crippen LogP contribution in [0.25, 0.3) is 0 Å². The minimum Gasteiger partial charge on any atom is -0.465 e. The van der Waals surface area contributed by atoms with Crippen LogP contribution in [-0.2, 0) is 20.7 Å². The van der Waals surface area contributed by atoms with E-state index in [2.05, 4.69) is 10.6 Å². The Kier molecular flexibility index (Phi) is 3.79. The van der Waals surface area contributed by atoms with Crippen molar-refractivity contribution in [1.82, 2.24) is 5.32 Å². The molecule has 1 aliphatic heterocycles. The number of carbonyl (C=O) groups is 3. The van der Waals surface area contributed by atoms with Gasteiger partial charge >= 0.3 is 5.97 Å². The van der Waals surface area contributed by atoms with Gasteiger partial charge in [-0.15, -0.1) is 0 Å². The summed E-state index contributed by atoms with van der Waals surface area (Å²) in [4.78, 5) is 34.1. The molecule has 0 saturated heterocycles. The first-order valence-corrected chi connectivity index (χ1v) is 5.96. The minimum absolute atomic E-state index is 0.0842. The SMILES string of the molecule is CCOC(=O)CNC(=O)c1ccc2c(c1)NC(=O)C2. The third-order valence-electron chi connectivity index (χ3n) is 2.70. The Balaban J connectivity index is 1.99. The first-order chi connectivity index (χ1) is 9.10. The molecule has 1 aromatic carbocycles. The van der Waals surface area contributed by atoms with Gasteiger partial charge in [0, 0.05) is 11.3 Å². The van der Waals surface area contributed by atoms with E-state index >= 15 is 0 Å². The fraction of sp³-hybridized carbons (Fsp3) is 0.308. The Morgan fingerprint density at radius 3 is 2.95 bits per heavy atom. The van der Waals surface area contributed by atoms with E-state index in [1.165, 1.54) is 0 Å². The van der Waals surface area contributed by atoms with E-state index in [1.807, 2.05) is 0 Å². The monoisotopic (exact) mass is 262 g/mol. The molecule has 1 aromatic rings. The van der Waals surface area contributed by atoms with Crippen molar-refractivity contribution in [3.8, 4) is 0 Å². The first-order valence-electron chi connectivity index (χ1n) is 5.96. The maximum atomic E-state index is 11.8. The van der Waals surface area contributed by atoms with Crippen LogP contribution in [0.3, 0.4) is 0 Å². The highest BCUT2D eigenvalue weighted by Gasteiger charge is 2.19. The molecular weight excluding hydrogens is 248 g/mol. The molecule has 100 valence electrons. The van der Waals surface area contributed by atoms with Crippen molar-refractivity contribution in [2.24, 2.45) is 0 Å². The van der Waals surface area contributed by atoms with Crippen LogP contribution in [0.2, 0.25) is 0 Å². The van der Waals surface area contributed by atoms with Crippen LogP contribution in [0.4, 0.5) is 5.69 Å². The maximum absolute atomic E-state index is 11.8. The Bertz CT molecular complexity index is 539. The number of hydrogen-bond donors (Lipinski definition) is 2. The highest BCUT2D eigenvalue weighted by molar-refractivity contribution is 6.02. The number of rotatable bonds is 4. The first kappa shape index (κ1) is 13.1. The number of nitrogens with one attached hydrogen (secondary N) is 2. The molecule has 2 rings (SSSR count). The van der Waals surface area contributed by atoms with Crippen LogP contribution in [0.1, 0.15) is 22.8 Å². The molecule has 1 aliphatic rings. The molecule has 2 N–H and O–H groups in total. The van der Waals surface area contributed by atoms with Gasteiger partial charge in [0.2, 0.25) is 5.91 Å². The fourth-order valence-electron chi connectivity index (χ4n) is 1.82. The molecule has 0 aliphatic carbocycles. The molecule has 0 fully saturated rings. The smallest absolute Gasteiger partial charge is 0.325 e. The second-order valence-electron chi connectivity index (χ2n) is 4.08. The number of amides is 2. The van der Waals surface area contributed by atoms with Crippen LogP contribution in [0.5, 0.6) is 0 Å². The number of benzene rings is 1. The van der Waals surface area contributed by atoms with Crippen LogP contribution >= 0.6 is 0 Å². The normalized spacial score (nSPS) is 12.6. The van der Waals surface area contributed by atoms with E-state index in [0.717, 1.165) is 5.56 Å². The predicted octanol–water partition coefficient (Wildman–Crippen LogP) is 0.474. The molecule has 0 bridgehead atoms. The standard InChI is InChI=1S/C13H14N2O4/c1-2-19-12(17)7-14-13(18)9-4-3-8-6-11(16)15-10(8)5-9/h3-5H,2,6-7H2,1H3,(H,14,18)(H,15,16). The number of fused-ring (bicyclic) bond motifs is 1. The van der Waals surface area contributed by atoms with Gasteiger partial charge in [0.1, 0.15) is 6.54 Å². The Morgan fingerprint density at radius 2 is 2.21 bits per heavy atom. The predicted molar refractivity (Wildman–Crippen MR) is 67.7 cm³/mol. The molecule has 0 spiro atoms. The van der Waals surface area contributed by atoms with Crippen molar-refractivity contribution in [2.75, 3.05) is 18.5 Å². The van der Waals surface area contributed by atoms with E-state index in [0.29, 0.717) is 17.7 Å². The van der Waals surface area contributed by atoms with E-state index in [1.54, 1.807) is 25.1 Å². The molecule has 0 unspecified atom stereocenters. The largest absolute Gasteiger partial charge is 0.465 e. The summed E-state index contributed by atoms with van der Waals surface area (Å²) in [7, 11) is 0. The van der Waals surface area contributed by atoms with Crippen molar-refractivity contribution < 1.29 is 19.1 Å². The zero-order valence-corrected chi connectivity index (χ0v) is 10.5. The van der Waals surface area contributed by atoms with E-state index in [4.69, 9.17) is 4.74 Å². The number of carbonyl (C=O) groups excluding carboxylic acids is 3. The quantitative estimate of drug-likeness (QED) is 0.773. The average molecular weight is 262 g/mol. The van der Waals surface area contributed by atoms with Gasteiger partial charge in [-0.25, -0.2) is 0 Å². The van der Waals surface area contributed by atoms with Crippen LogP contribution in [0.15, 0.2) is 18.2 Å². The minimum atomic E-state index is -0.481. The van der Waals surface area contributed by atoms with E-state index in [-0.39, 0.29) is 25.0 Å². The topological polar surface area (TPSA) is 84.5 Å². The molecule has 0 radical (unpaired) electrons. The molecule has 1 heterocycles. The summed E-state index contributed by atoms with van der Waals surface area (Å²) in [5.41, 5.74) is 1.91. The van der Waals surface area contributed by atoms with E-state index < -0.39 is 5.97 Å².